The molecule has 0 unspecified atom stereocenters. The van der Waals surface area contributed by atoms with E-state index in [1.807, 2.05) is 24.3 Å². The van der Waals surface area contributed by atoms with Gasteiger partial charge in [0.05, 0.1) is 19.3 Å². The Morgan fingerprint density at radius 1 is 1.12 bits per heavy atom. The van der Waals surface area contributed by atoms with Crippen molar-refractivity contribution >= 4 is 40.3 Å². The van der Waals surface area contributed by atoms with Gasteiger partial charge in [0.2, 0.25) is 5.91 Å². The van der Waals surface area contributed by atoms with Crippen molar-refractivity contribution < 1.29 is 24.2 Å². The van der Waals surface area contributed by atoms with E-state index in [1.165, 1.54) is 12.0 Å². The minimum atomic E-state index is -0.836. The number of para-hydroxylation sites is 1. The van der Waals surface area contributed by atoms with Crippen LogP contribution in [0.1, 0.15) is 33.2 Å². The number of carbonyl (C=O) groups excluding carboxylic acids is 3. The second kappa shape index (κ2) is 8.77. The number of hydrogen-bond donors (Lipinski definition) is 2. The van der Waals surface area contributed by atoms with Crippen molar-refractivity contribution in [2.24, 2.45) is 0 Å². The molecule has 0 spiro atoms. The maximum Gasteiger partial charge on any atom is 0.328 e. The molecule has 0 bridgehead atoms. The van der Waals surface area contributed by atoms with Crippen LogP contribution < -0.4 is 0 Å². The van der Waals surface area contributed by atoms with E-state index in [-0.39, 0.29) is 17.7 Å². The number of carbonyl (C=O) groups is 3. The van der Waals surface area contributed by atoms with E-state index in [2.05, 4.69) is 4.98 Å². The van der Waals surface area contributed by atoms with Gasteiger partial charge in [0.25, 0.3) is 5.91 Å². The number of H-pyrrole nitrogens is 1. The minimum Gasteiger partial charge on any atom is -0.467 e. The number of fused-ring (bicyclic) bond motifs is 3. The predicted molar refractivity (Wildman–Crippen MR) is 126 cm³/mol. The molecule has 8 nitrogen and oxygen atoms in total. The van der Waals surface area contributed by atoms with E-state index in [0.717, 1.165) is 27.7 Å². The highest BCUT2D eigenvalue weighted by molar-refractivity contribution is 6.27. The quantitative estimate of drug-likeness (QED) is 0.439. The Labute approximate surface area is 201 Å². The van der Waals surface area contributed by atoms with Gasteiger partial charge in [0, 0.05) is 41.7 Å². The molecule has 2 aliphatic rings. The van der Waals surface area contributed by atoms with Crippen molar-refractivity contribution in [1.82, 2.24) is 14.8 Å². The van der Waals surface area contributed by atoms with Crippen LogP contribution in [0.3, 0.4) is 0 Å². The van der Waals surface area contributed by atoms with Crippen LogP contribution in [0.25, 0.3) is 10.9 Å². The zero-order chi connectivity index (χ0) is 24.0. The molecule has 0 aliphatic carbocycles. The molecule has 1 fully saturated rings. The first-order chi connectivity index (χ1) is 16.4. The molecule has 2 amide bonds. The van der Waals surface area contributed by atoms with E-state index in [4.69, 9.17) is 16.3 Å². The van der Waals surface area contributed by atoms with Crippen LogP contribution in [0, 0.1) is 0 Å². The summed E-state index contributed by atoms with van der Waals surface area (Å²) >= 11 is 5.97. The molecule has 0 radical (unpaired) electrons. The van der Waals surface area contributed by atoms with Crippen molar-refractivity contribution in [2.45, 2.75) is 24.6 Å². The summed E-state index contributed by atoms with van der Waals surface area (Å²) in [6.45, 7) is 0.640. The van der Waals surface area contributed by atoms with Crippen LogP contribution >= 0.6 is 11.6 Å². The van der Waals surface area contributed by atoms with Gasteiger partial charge in [-0.05, 0) is 29.3 Å². The number of aromatic amines is 1. The molecular formula is C25H24ClN3O5. The molecule has 9 heteroatoms. The summed E-state index contributed by atoms with van der Waals surface area (Å²) in [6.07, 6.45) is -0.171. The average Bonchev–Trinajstić information content (AvgIpc) is 3.22. The van der Waals surface area contributed by atoms with Crippen LogP contribution in [0.15, 0.2) is 48.5 Å². The third-order valence-electron chi connectivity index (χ3n) is 6.63. The highest BCUT2D eigenvalue weighted by Gasteiger charge is 2.43. The number of nitrogens with one attached hydrogen (secondary N) is 1. The van der Waals surface area contributed by atoms with Gasteiger partial charge in [-0.3, -0.25) is 9.59 Å². The van der Waals surface area contributed by atoms with Crippen molar-refractivity contribution in [3.8, 4) is 0 Å². The summed E-state index contributed by atoms with van der Waals surface area (Å²) in [6, 6.07) is 13.3. The predicted octanol–water partition coefficient (Wildman–Crippen LogP) is 2.24. The molecule has 2 N–H and O–H groups in total. The number of β-amino-alcohol motifs (C(OH)–C–C–N with tert-alkyl or cyclic N) is 1. The topological polar surface area (TPSA) is 103 Å². The number of methoxy groups -OCH3 is 1. The Balaban J connectivity index is 1.61. The normalized spacial score (nSPS) is 20.1. The van der Waals surface area contributed by atoms with Crippen LogP contribution in [-0.4, -0.2) is 75.9 Å². The number of aromatic nitrogens is 1. The fraction of sp³-hybridized carbons (Fsp3) is 0.320. The number of benzene rings is 2. The van der Waals surface area contributed by atoms with Crippen LogP contribution in [0.4, 0.5) is 0 Å². The van der Waals surface area contributed by atoms with E-state index in [1.54, 1.807) is 29.2 Å². The van der Waals surface area contributed by atoms with Gasteiger partial charge >= 0.3 is 5.97 Å². The molecular weight excluding hydrogens is 458 g/mol. The second-order valence-electron chi connectivity index (χ2n) is 8.63. The zero-order valence-electron chi connectivity index (χ0n) is 18.5. The SMILES string of the molecule is COC(=O)[C@H]1Cc2c([nH]c3ccccc23)[C@H](c2ccc(C(=O)N3CC(O)C3)cc2)N1C(=O)CCl. The second-order valence-corrected chi connectivity index (χ2v) is 8.90. The standard InChI is InChI=1S/C25H24ClN3O5/c1-34-25(33)20-10-18-17-4-2-3-5-19(17)27-22(18)23(29(20)21(31)11-26)14-6-8-15(9-7-14)24(32)28-12-16(30)13-28/h2-9,16,20,23,27,30H,10-13H2,1H3/t20-,23+/m1/s1. The number of aliphatic hydroxyl groups is 1. The lowest BCUT2D eigenvalue weighted by atomic mass is 9.87. The molecule has 176 valence electrons. The lowest BCUT2D eigenvalue weighted by Crippen LogP contribution is -2.53. The lowest BCUT2D eigenvalue weighted by Gasteiger charge is -2.40. The van der Waals surface area contributed by atoms with Gasteiger partial charge in [-0.1, -0.05) is 30.3 Å². The summed E-state index contributed by atoms with van der Waals surface area (Å²) in [5.41, 5.74) is 3.89. The number of nitrogens with zero attached hydrogens (tertiary/aromatic N) is 2. The molecule has 2 aliphatic heterocycles. The summed E-state index contributed by atoms with van der Waals surface area (Å²) < 4.78 is 5.05. The Bertz CT molecular complexity index is 1270. The third-order valence-corrected chi connectivity index (χ3v) is 6.86. The summed E-state index contributed by atoms with van der Waals surface area (Å²) in [5.74, 6) is -1.34. The molecule has 5 rings (SSSR count). The number of likely N-dealkylation sites (tertiary alicyclic amines) is 1. The number of aliphatic hydroxyl groups excluding tert-OH is 1. The van der Waals surface area contributed by atoms with Gasteiger partial charge in [0.1, 0.15) is 11.9 Å². The number of halogens is 1. The first kappa shape index (κ1) is 22.4. The van der Waals surface area contributed by atoms with Gasteiger partial charge < -0.3 is 24.6 Å². The Morgan fingerprint density at radius 2 is 1.82 bits per heavy atom. The molecule has 1 saturated heterocycles. The van der Waals surface area contributed by atoms with Crippen LogP contribution in [0.2, 0.25) is 0 Å². The van der Waals surface area contributed by atoms with Crippen molar-refractivity contribution in [3.63, 3.8) is 0 Å². The fourth-order valence-corrected chi connectivity index (χ4v) is 5.08. The highest BCUT2D eigenvalue weighted by Crippen LogP contribution is 2.41. The van der Waals surface area contributed by atoms with Gasteiger partial charge in [-0.2, -0.15) is 0 Å². The molecule has 2 aromatic carbocycles. The van der Waals surface area contributed by atoms with E-state index >= 15 is 0 Å². The lowest BCUT2D eigenvalue weighted by molar-refractivity contribution is -0.154. The van der Waals surface area contributed by atoms with Gasteiger partial charge in [-0.15, -0.1) is 11.6 Å². The van der Waals surface area contributed by atoms with E-state index in [0.29, 0.717) is 25.1 Å². The van der Waals surface area contributed by atoms with Crippen molar-refractivity contribution in [2.75, 3.05) is 26.1 Å². The molecule has 3 aromatic rings. The molecule has 3 heterocycles. The molecule has 2 atom stereocenters. The number of esters is 1. The highest BCUT2D eigenvalue weighted by atomic mass is 35.5. The van der Waals surface area contributed by atoms with Crippen molar-refractivity contribution in [1.29, 1.82) is 0 Å². The first-order valence-corrected chi connectivity index (χ1v) is 11.6. The maximum absolute atomic E-state index is 13.0. The summed E-state index contributed by atoms with van der Waals surface area (Å²) in [7, 11) is 1.30. The summed E-state index contributed by atoms with van der Waals surface area (Å²) in [5, 5.41) is 10.5. The van der Waals surface area contributed by atoms with Crippen LogP contribution in [0.5, 0.6) is 0 Å². The maximum atomic E-state index is 13.0. The zero-order valence-corrected chi connectivity index (χ0v) is 19.3. The number of rotatable bonds is 4. The summed E-state index contributed by atoms with van der Waals surface area (Å²) in [4.78, 5) is 45.0. The molecule has 0 saturated carbocycles. The third kappa shape index (κ3) is 3.63. The number of hydrogen-bond acceptors (Lipinski definition) is 5. The fourth-order valence-electron chi connectivity index (χ4n) is 4.94. The first-order valence-electron chi connectivity index (χ1n) is 11.0. The molecule has 1 aromatic heterocycles. The number of ether oxygens (including phenoxy) is 1. The van der Waals surface area contributed by atoms with Gasteiger partial charge in [0.15, 0.2) is 0 Å². The van der Waals surface area contributed by atoms with Crippen molar-refractivity contribution in [3.05, 3.63) is 70.9 Å². The number of alkyl halides is 1. The number of amides is 2. The monoisotopic (exact) mass is 481 g/mol. The Kier molecular flexibility index (Phi) is 5.79. The smallest absolute Gasteiger partial charge is 0.328 e. The van der Waals surface area contributed by atoms with E-state index in [9.17, 15) is 19.5 Å². The van der Waals surface area contributed by atoms with E-state index < -0.39 is 24.2 Å². The van der Waals surface area contributed by atoms with Crippen LogP contribution in [-0.2, 0) is 20.7 Å². The largest absolute Gasteiger partial charge is 0.467 e. The van der Waals surface area contributed by atoms with Gasteiger partial charge in [-0.25, -0.2) is 4.79 Å². The average molecular weight is 482 g/mol. The Hall–Kier alpha value is -3.36. The Morgan fingerprint density at radius 3 is 2.47 bits per heavy atom. The minimum absolute atomic E-state index is 0.159. The molecule has 34 heavy (non-hydrogen) atoms.